The Morgan fingerprint density at radius 1 is 0.696 bits per heavy atom. The molecule has 0 aliphatic carbocycles. The molecule has 0 aromatic heterocycles. The largest absolute Gasteiger partial charge is 0.395 e. The van der Waals surface area contributed by atoms with Gasteiger partial charge in [-0.15, -0.1) is 0 Å². The van der Waals surface area contributed by atoms with Crippen LogP contribution in [0.4, 0.5) is 0 Å². The summed E-state index contributed by atoms with van der Waals surface area (Å²) >= 11 is 0. The maximum absolute atomic E-state index is 9.56. The van der Waals surface area contributed by atoms with Gasteiger partial charge in [0.05, 0.1) is 12.1 Å². The molecule has 3 rings (SSSR count). The molecule has 2 nitrogen and oxygen atoms in total. The van der Waals surface area contributed by atoms with E-state index in [0.29, 0.717) is 0 Å². The first-order valence-corrected chi connectivity index (χ1v) is 7.65. The van der Waals surface area contributed by atoms with E-state index in [-0.39, 0.29) is 0 Å². The number of benzene rings is 3. The third-order valence-electron chi connectivity index (χ3n) is 3.98. The molecule has 0 aliphatic heterocycles. The third kappa shape index (κ3) is 3.04. The van der Waals surface area contributed by atoms with Crippen LogP contribution < -0.4 is 5.32 Å². The Kier molecular flexibility index (Phi) is 4.10. The Bertz CT molecular complexity index is 695. The van der Waals surface area contributed by atoms with Crippen molar-refractivity contribution >= 4 is 0 Å². The Labute approximate surface area is 140 Å². The van der Waals surface area contributed by atoms with E-state index in [1.54, 1.807) is 0 Å². The van der Waals surface area contributed by atoms with Gasteiger partial charge in [0, 0.05) is 9.24 Å². The SMILES string of the molecule is [2H]C([2H])(CO)NC(c1ccccc1)(c1ccccc1)c1ccccc1. The molecule has 0 saturated heterocycles. The molecule has 0 unspecified atom stereocenters. The number of rotatable bonds is 6. The maximum atomic E-state index is 9.56. The van der Waals surface area contributed by atoms with Crippen LogP contribution in [0.1, 0.15) is 19.4 Å². The summed E-state index contributed by atoms with van der Waals surface area (Å²) in [5.74, 6) is 0. The van der Waals surface area contributed by atoms with Gasteiger partial charge < -0.3 is 5.11 Å². The Morgan fingerprint density at radius 2 is 1.04 bits per heavy atom. The third-order valence-corrected chi connectivity index (χ3v) is 3.98. The summed E-state index contributed by atoms with van der Waals surface area (Å²) in [5.41, 5.74) is 1.80. The van der Waals surface area contributed by atoms with Crippen molar-refractivity contribution in [2.45, 2.75) is 5.54 Å². The lowest BCUT2D eigenvalue weighted by molar-refractivity contribution is 0.277. The van der Waals surface area contributed by atoms with Gasteiger partial charge in [0.1, 0.15) is 0 Å². The molecule has 2 heteroatoms. The number of nitrogens with one attached hydrogen (secondary N) is 1. The molecule has 116 valence electrons. The normalized spacial score (nSPS) is 13.3. The van der Waals surface area contributed by atoms with Gasteiger partial charge in [-0.3, -0.25) is 5.32 Å². The first kappa shape index (κ1) is 13.1. The van der Waals surface area contributed by atoms with Crippen molar-refractivity contribution < 1.29 is 7.85 Å². The van der Waals surface area contributed by atoms with E-state index in [9.17, 15) is 5.11 Å². The molecule has 0 amide bonds. The van der Waals surface area contributed by atoms with Crippen molar-refractivity contribution in [2.24, 2.45) is 0 Å². The molecule has 3 aromatic rings. The van der Waals surface area contributed by atoms with Crippen LogP contribution in [-0.2, 0) is 5.54 Å². The van der Waals surface area contributed by atoms with Crippen LogP contribution in [-0.4, -0.2) is 18.2 Å². The molecule has 0 atom stereocenters. The van der Waals surface area contributed by atoms with Crippen molar-refractivity contribution in [3.8, 4) is 0 Å². The molecule has 0 fully saturated rings. The summed E-state index contributed by atoms with van der Waals surface area (Å²) in [7, 11) is 0. The van der Waals surface area contributed by atoms with Gasteiger partial charge in [0.15, 0.2) is 0 Å². The van der Waals surface area contributed by atoms with Gasteiger partial charge >= 0.3 is 0 Å². The molecule has 0 saturated carbocycles. The topological polar surface area (TPSA) is 32.3 Å². The van der Waals surface area contributed by atoms with Crippen LogP contribution in [0.25, 0.3) is 0 Å². The Balaban J connectivity index is 2.32. The second-order valence-electron chi connectivity index (χ2n) is 5.31. The lowest BCUT2D eigenvalue weighted by atomic mass is 9.77. The van der Waals surface area contributed by atoms with Crippen molar-refractivity contribution in [3.63, 3.8) is 0 Å². The number of aliphatic hydroxyl groups is 1. The minimum absolute atomic E-state index is 0.624. The lowest BCUT2D eigenvalue weighted by Gasteiger charge is -2.37. The van der Waals surface area contributed by atoms with Gasteiger partial charge in [-0.25, -0.2) is 0 Å². The highest BCUT2D eigenvalue weighted by Crippen LogP contribution is 2.36. The minimum atomic E-state index is -1.96. The molecule has 0 spiro atoms. The molecule has 0 radical (unpaired) electrons. The first-order valence-electron chi connectivity index (χ1n) is 8.65. The fourth-order valence-corrected chi connectivity index (χ4v) is 2.95. The predicted octanol–water partition coefficient (Wildman–Crippen LogP) is 3.56. The van der Waals surface area contributed by atoms with E-state index in [1.807, 2.05) is 91.0 Å². The van der Waals surface area contributed by atoms with Crippen molar-refractivity contribution in [2.75, 3.05) is 13.1 Å². The average Bonchev–Trinajstić information content (AvgIpc) is 2.68. The molecule has 2 N–H and O–H groups in total. The van der Waals surface area contributed by atoms with Gasteiger partial charge in [-0.05, 0) is 16.7 Å². The fourth-order valence-electron chi connectivity index (χ4n) is 2.95. The Hall–Kier alpha value is -2.42. The summed E-state index contributed by atoms with van der Waals surface area (Å²) in [6.45, 7) is -2.58. The van der Waals surface area contributed by atoms with Crippen LogP contribution in [0.2, 0.25) is 0 Å². The highest BCUT2D eigenvalue weighted by molar-refractivity contribution is 5.49. The molecule has 0 heterocycles. The molecule has 3 aromatic carbocycles. The predicted molar refractivity (Wildman–Crippen MR) is 94.3 cm³/mol. The van der Waals surface area contributed by atoms with Crippen molar-refractivity contribution in [1.29, 1.82) is 0 Å². The lowest BCUT2D eigenvalue weighted by Crippen LogP contribution is -2.45. The highest BCUT2D eigenvalue weighted by Gasteiger charge is 2.35. The quantitative estimate of drug-likeness (QED) is 0.683. The molecule has 23 heavy (non-hydrogen) atoms. The number of hydrogen-bond acceptors (Lipinski definition) is 2. The molecular formula is C21H21NO. The summed E-state index contributed by atoms with van der Waals surface area (Å²) < 4.78 is 16.4. The van der Waals surface area contributed by atoms with Gasteiger partial charge in [-0.2, -0.15) is 0 Å². The fraction of sp³-hybridized carbons (Fsp3) is 0.143. The van der Waals surface area contributed by atoms with E-state index in [4.69, 9.17) is 2.74 Å². The van der Waals surface area contributed by atoms with Crippen LogP contribution in [0.3, 0.4) is 0 Å². The van der Waals surface area contributed by atoms with Crippen LogP contribution in [0.5, 0.6) is 0 Å². The van der Waals surface area contributed by atoms with Gasteiger partial charge in [0.2, 0.25) is 0 Å². The number of aliphatic hydroxyl groups excluding tert-OH is 1. The number of hydrogen-bond donors (Lipinski definition) is 2. The minimum Gasteiger partial charge on any atom is -0.395 e. The van der Waals surface area contributed by atoms with E-state index < -0.39 is 18.6 Å². The molecule has 0 aliphatic rings. The maximum Gasteiger partial charge on any atom is 0.0948 e. The first-order chi connectivity index (χ1) is 12.1. The zero-order valence-corrected chi connectivity index (χ0v) is 12.8. The summed E-state index contributed by atoms with van der Waals surface area (Å²) in [6, 6.07) is 29.3. The smallest absolute Gasteiger partial charge is 0.0948 e. The van der Waals surface area contributed by atoms with E-state index in [1.165, 1.54) is 0 Å². The second-order valence-corrected chi connectivity index (χ2v) is 5.31. The van der Waals surface area contributed by atoms with Crippen LogP contribution in [0.15, 0.2) is 91.0 Å². The zero-order valence-electron chi connectivity index (χ0n) is 14.8. The second kappa shape index (κ2) is 7.23. The molecular weight excluding hydrogens is 282 g/mol. The Morgan fingerprint density at radius 3 is 1.35 bits per heavy atom. The van der Waals surface area contributed by atoms with E-state index in [0.717, 1.165) is 16.7 Å². The van der Waals surface area contributed by atoms with E-state index >= 15 is 0 Å². The van der Waals surface area contributed by atoms with Crippen LogP contribution >= 0.6 is 0 Å². The summed E-state index contributed by atoms with van der Waals surface area (Å²) in [6.07, 6.45) is 0. The standard InChI is InChI=1S/C21H21NO/c23-17-16-22-21(18-10-4-1-5-11-18,19-12-6-2-7-13-19)20-14-8-3-9-15-20/h1-15,22-23H,16-17H2/i16D2. The summed E-state index contributed by atoms with van der Waals surface area (Å²) in [4.78, 5) is 0. The van der Waals surface area contributed by atoms with Gasteiger partial charge in [0.25, 0.3) is 0 Å². The highest BCUT2D eigenvalue weighted by atomic mass is 16.3. The van der Waals surface area contributed by atoms with Crippen molar-refractivity contribution in [1.82, 2.24) is 5.32 Å². The summed E-state index contributed by atoms with van der Waals surface area (Å²) in [5, 5.41) is 12.6. The van der Waals surface area contributed by atoms with Crippen LogP contribution in [0, 0.1) is 0 Å². The average molecular weight is 305 g/mol. The van der Waals surface area contributed by atoms with E-state index in [2.05, 4.69) is 5.32 Å². The molecule has 0 bridgehead atoms. The van der Waals surface area contributed by atoms with Gasteiger partial charge in [-0.1, -0.05) is 91.0 Å². The monoisotopic (exact) mass is 305 g/mol. The van der Waals surface area contributed by atoms with Crippen molar-refractivity contribution in [3.05, 3.63) is 108 Å². The zero-order chi connectivity index (χ0) is 17.8.